The molecule has 1 aromatic rings. The highest BCUT2D eigenvalue weighted by Gasteiger charge is 2.24. The van der Waals surface area contributed by atoms with E-state index in [9.17, 15) is 9.59 Å². The molecule has 6 heteroatoms. The number of nitrogens with one attached hydrogen (secondary N) is 1. The molecule has 1 saturated heterocycles. The summed E-state index contributed by atoms with van der Waals surface area (Å²) in [6, 6.07) is 5.33. The Kier molecular flexibility index (Phi) is 4.96. The number of halogens is 1. The maximum Gasteiger partial charge on any atom is 0.407 e. The number of benzene rings is 1. The maximum absolute atomic E-state index is 11.9. The minimum absolute atomic E-state index is 0.0980. The molecule has 1 aliphatic rings. The Morgan fingerprint density at radius 3 is 2.73 bits per heavy atom. The molecule has 1 aromatic carbocycles. The van der Waals surface area contributed by atoms with Crippen LogP contribution in [0.5, 0.6) is 0 Å². The number of nitrogens with zero attached hydrogens (tertiary/aromatic N) is 1. The zero-order chi connectivity index (χ0) is 16.3. The third-order valence-electron chi connectivity index (χ3n) is 3.23. The second kappa shape index (κ2) is 6.57. The zero-order valence-electron chi connectivity index (χ0n) is 13.1. The fourth-order valence-corrected chi connectivity index (χ4v) is 2.54. The minimum Gasteiger partial charge on any atom is -0.444 e. The molecular weight excluding hydrogens is 304 g/mol. The SMILES string of the molecule is CC(C)(C)OC(=O)NCc1cc(Cl)ccc1N1CCCC1=O. The van der Waals surface area contributed by atoms with E-state index in [1.54, 1.807) is 37.8 Å². The molecule has 1 heterocycles. The maximum atomic E-state index is 11.9. The van der Waals surface area contributed by atoms with Crippen molar-refractivity contribution in [2.75, 3.05) is 11.4 Å². The van der Waals surface area contributed by atoms with Crippen molar-refractivity contribution in [3.63, 3.8) is 0 Å². The van der Waals surface area contributed by atoms with Crippen LogP contribution in [0, 0.1) is 0 Å². The number of carbonyl (C=O) groups excluding carboxylic acids is 2. The number of rotatable bonds is 3. The molecule has 0 bridgehead atoms. The molecule has 2 rings (SSSR count). The molecule has 0 atom stereocenters. The first-order valence-electron chi connectivity index (χ1n) is 7.32. The van der Waals surface area contributed by atoms with E-state index in [1.165, 1.54) is 0 Å². The van der Waals surface area contributed by atoms with Gasteiger partial charge in [-0.15, -0.1) is 0 Å². The summed E-state index contributed by atoms with van der Waals surface area (Å²) in [6.07, 6.45) is 0.910. The van der Waals surface area contributed by atoms with Crippen LogP contribution in [0.15, 0.2) is 18.2 Å². The summed E-state index contributed by atoms with van der Waals surface area (Å²) in [5.41, 5.74) is 1.04. The topological polar surface area (TPSA) is 58.6 Å². The summed E-state index contributed by atoms with van der Waals surface area (Å²) in [6.45, 7) is 6.37. The summed E-state index contributed by atoms with van der Waals surface area (Å²) in [5.74, 6) is 0.0980. The Balaban J connectivity index is 2.11. The summed E-state index contributed by atoms with van der Waals surface area (Å²) in [7, 11) is 0. The highest BCUT2D eigenvalue weighted by Crippen LogP contribution is 2.28. The first-order chi connectivity index (χ1) is 10.3. The molecule has 0 aliphatic carbocycles. The van der Waals surface area contributed by atoms with E-state index in [1.807, 2.05) is 6.07 Å². The first-order valence-corrected chi connectivity index (χ1v) is 7.70. The second-order valence-electron chi connectivity index (χ2n) is 6.28. The van der Waals surface area contributed by atoms with Crippen LogP contribution in [-0.2, 0) is 16.1 Å². The quantitative estimate of drug-likeness (QED) is 0.925. The highest BCUT2D eigenvalue weighted by molar-refractivity contribution is 6.30. The van der Waals surface area contributed by atoms with Crippen LogP contribution in [-0.4, -0.2) is 24.1 Å². The molecule has 1 aliphatic heterocycles. The van der Waals surface area contributed by atoms with Gasteiger partial charge in [-0.2, -0.15) is 0 Å². The van der Waals surface area contributed by atoms with E-state index >= 15 is 0 Å². The number of carbonyl (C=O) groups is 2. The van der Waals surface area contributed by atoms with Gasteiger partial charge in [0.2, 0.25) is 5.91 Å². The second-order valence-corrected chi connectivity index (χ2v) is 6.71. The van der Waals surface area contributed by atoms with E-state index in [2.05, 4.69) is 5.32 Å². The standard InChI is InChI=1S/C16H21ClN2O3/c1-16(2,3)22-15(21)18-10-11-9-12(17)6-7-13(11)19-8-4-5-14(19)20/h6-7,9H,4-5,8,10H2,1-3H3,(H,18,21). The van der Waals surface area contributed by atoms with Crippen molar-refractivity contribution in [3.8, 4) is 0 Å². The van der Waals surface area contributed by atoms with Gasteiger partial charge in [0.05, 0.1) is 0 Å². The largest absolute Gasteiger partial charge is 0.444 e. The van der Waals surface area contributed by atoms with Crippen LogP contribution in [0.4, 0.5) is 10.5 Å². The van der Waals surface area contributed by atoms with Gasteiger partial charge in [-0.25, -0.2) is 4.79 Å². The van der Waals surface area contributed by atoms with E-state index in [0.717, 1.165) is 17.7 Å². The van der Waals surface area contributed by atoms with Crippen LogP contribution < -0.4 is 10.2 Å². The van der Waals surface area contributed by atoms with Gasteiger partial charge < -0.3 is 15.0 Å². The summed E-state index contributed by atoms with van der Waals surface area (Å²) in [5, 5.41) is 3.27. The molecular formula is C16H21ClN2O3. The van der Waals surface area contributed by atoms with Crippen molar-refractivity contribution >= 4 is 29.3 Å². The van der Waals surface area contributed by atoms with E-state index in [-0.39, 0.29) is 12.5 Å². The van der Waals surface area contributed by atoms with Crippen LogP contribution in [0.25, 0.3) is 0 Å². The fraction of sp³-hybridized carbons (Fsp3) is 0.500. The predicted molar refractivity (Wildman–Crippen MR) is 86.1 cm³/mol. The van der Waals surface area contributed by atoms with Gasteiger partial charge in [-0.05, 0) is 51.0 Å². The van der Waals surface area contributed by atoms with Crippen molar-refractivity contribution < 1.29 is 14.3 Å². The minimum atomic E-state index is -0.549. The van der Waals surface area contributed by atoms with Crippen molar-refractivity contribution in [1.82, 2.24) is 5.32 Å². The number of amides is 2. The molecule has 1 N–H and O–H groups in total. The molecule has 0 unspecified atom stereocenters. The fourth-order valence-electron chi connectivity index (χ4n) is 2.34. The van der Waals surface area contributed by atoms with Gasteiger partial charge in [0.15, 0.2) is 0 Å². The number of anilines is 1. The lowest BCUT2D eigenvalue weighted by Crippen LogP contribution is -2.33. The lowest BCUT2D eigenvalue weighted by atomic mass is 10.1. The lowest BCUT2D eigenvalue weighted by Gasteiger charge is -2.22. The first kappa shape index (κ1) is 16.6. The third-order valence-corrected chi connectivity index (χ3v) is 3.46. The van der Waals surface area contributed by atoms with Gasteiger partial charge >= 0.3 is 6.09 Å². The molecule has 22 heavy (non-hydrogen) atoms. The molecule has 0 aromatic heterocycles. The van der Waals surface area contributed by atoms with Crippen LogP contribution in [0.1, 0.15) is 39.2 Å². The summed E-state index contributed by atoms with van der Waals surface area (Å²) in [4.78, 5) is 25.4. The third kappa shape index (κ3) is 4.37. The van der Waals surface area contributed by atoms with Gasteiger partial charge in [0.1, 0.15) is 5.60 Å². The Bertz CT molecular complexity index is 581. The Labute approximate surface area is 135 Å². The number of alkyl carbamates (subject to hydrolysis) is 1. The van der Waals surface area contributed by atoms with Crippen LogP contribution >= 0.6 is 11.6 Å². The lowest BCUT2D eigenvalue weighted by molar-refractivity contribution is -0.117. The van der Waals surface area contributed by atoms with Crippen molar-refractivity contribution in [3.05, 3.63) is 28.8 Å². The van der Waals surface area contributed by atoms with E-state index < -0.39 is 11.7 Å². The van der Waals surface area contributed by atoms with Crippen LogP contribution in [0.3, 0.4) is 0 Å². The molecule has 2 amide bonds. The van der Waals surface area contributed by atoms with Gasteiger partial charge in [0.25, 0.3) is 0 Å². The van der Waals surface area contributed by atoms with Gasteiger partial charge in [0, 0.05) is 30.2 Å². The van der Waals surface area contributed by atoms with Gasteiger partial charge in [-0.3, -0.25) is 4.79 Å². The van der Waals surface area contributed by atoms with E-state index in [4.69, 9.17) is 16.3 Å². The summed E-state index contributed by atoms with van der Waals surface area (Å²) >= 11 is 6.03. The number of hydrogen-bond acceptors (Lipinski definition) is 3. The molecule has 0 radical (unpaired) electrons. The Morgan fingerprint density at radius 2 is 2.14 bits per heavy atom. The Morgan fingerprint density at radius 1 is 1.41 bits per heavy atom. The molecule has 0 saturated carbocycles. The molecule has 120 valence electrons. The predicted octanol–water partition coefficient (Wildman–Crippen LogP) is 3.49. The zero-order valence-corrected chi connectivity index (χ0v) is 13.9. The Hall–Kier alpha value is -1.75. The van der Waals surface area contributed by atoms with Crippen molar-refractivity contribution in [1.29, 1.82) is 0 Å². The summed E-state index contributed by atoms with van der Waals surface area (Å²) < 4.78 is 5.21. The van der Waals surface area contributed by atoms with E-state index in [0.29, 0.717) is 18.0 Å². The van der Waals surface area contributed by atoms with Gasteiger partial charge in [-0.1, -0.05) is 11.6 Å². The average molecular weight is 325 g/mol. The molecule has 1 fully saturated rings. The van der Waals surface area contributed by atoms with Crippen molar-refractivity contribution in [2.45, 2.75) is 45.8 Å². The molecule has 5 nitrogen and oxygen atoms in total. The number of ether oxygens (including phenoxy) is 1. The average Bonchev–Trinajstić information content (AvgIpc) is 2.81. The van der Waals surface area contributed by atoms with Crippen LogP contribution in [0.2, 0.25) is 5.02 Å². The molecule has 0 spiro atoms. The highest BCUT2D eigenvalue weighted by atomic mass is 35.5. The smallest absolute Gasteiger partial charge is 0.407 e. The van der Waals surface area contributed by atoms with Crippen molar-refractivity contribution in [2.24, 2.45) is 0 Å². The monoisotopic (exact) mass is 324 g/mol. The number of hydrogen-bond donors (Lipinski definition) is 1. The normalized spacial score (nSPS) is 15.1.